The first-order chi connectivity index (χ1) is 8.85. The van der Waals surface area contributed by atoms with E-state index in [0.29, 0.717) is 11.6 Å². The van der Waals surface area contributed by atoms with Crippen LogP contribution in [0.5, 0.6) is 11.5 Å². The van der Waals surface area contributed by atoms with Gasteiger partial charge in [-0.15, -0.1) is 24.8 Å². The van der Waals surface area contributed by atoms with E-state index < -0.39 is 0 Å². The van der Waals surface area contributed by atoms with Crippen molar-refractivity contribution in [3.05, 3.63) is 48.5 Å². The Bertz CT molecular complexity index is 674. The van der Waals surface area contributed by atoms with Crippen molar-refractivity contribution in [3.63, 3.8) is 0 Å². The Hall–Kier alpha value is -1.82. The van der Waals surface area contributed by atoms with Gasteiger partial charge in [-0.3, -0.25) is 4.98 Å². The highest BCUT2D eigenvalue weighted by Crippen LogP contribution is 2.24. The van der Waals surface area contributed by atoms with Crippen molar-refractivity contribution in [2.45, 2.75) is 6.61 Å². The molecule has 0 aliphatic carbocycles. The smallest absolute Gasteiger partial charge is 0.133 e. The lowest BCUT2D eigenvalue weighted by atomic mass is 10.3. The van der Waals surface area contributed by atoms with Crippen LogP contribution in [0.4, 0.5) is 0 Å². The van der Waals surface area contributed by atoms with E-state index in [1.54, 1.807) is 24.5 Å². The average Bonchev–Trinajstić information content (AvgIpc) is 2.82. The van der Waals surface area contributed by atoms with Gasteiger partial charge in [-0.1, -0.05) is 0 Å². The third-order valence-corrected chi connectivity index (χ3v) is 2.54. The number of nitrogens with one attached hydrogen (secondary N) is 1. The van der Waals surface area contributed by atoms with Crippen LogP contribution in [0.1, 0.15) is 5.82 Å². The predicted octanol–water partition coefficient (Wildman–Crippen LogP) is 3.09. The van der Waals surface area contributed by atoms with Crippen molar-refractivity contribution in [2.75, 3.05) is 0 Å². The number of halogens is 2. The minimum Gasteiger partial charge on any atom is -0.457 e. The fourth-order valence-corrected chi connectivity index (χ4v) is 1.72. The molecule has 0 radical (unpaired) electrons. The normalized spacial score (nSPS) is 9.65. The van der Waals surface area contributed by atoms with Crippen LogP contribution < -0.4 is 4.74 Å². The number of H-pyrrole nitrogens is 1. The number of rotatable bonds is 3. The van der Waals surface area contributed by atoms with E-state index in [9.17, 15) is 0 Å². The zero-order valence-electron chi connectivity index (χ0n) is 10.3. The quantitative estimate of drug-likeness (QED) is 0.779. The van der Waals surface area contributed by atoms with Crippen LogP contribution >= 0.6 is 24.8 Å². The lowest BCUT2D eigenvalue weighted by Gasteiger charge is -2.04. The van der Waals surface area contributed by atoms with Crippen molar-refractivity contribution >= 4 is 35.8 Å². The average molecular weight is 314 g/mol. The number of nitrogens with zero attached hydrogens (tertiary/aromatic N) is 2. The molecular weight excluding hydrogens is 301 g/mol. The van der Waals surface area contributed by atoms with Crippen molar-refractivity contribution in [2.24, 2.45) is 0 Å². The molecule has 0 amide bonds. The maximum absolute atomic E-state index is 9.01. The molecular formula is C13H13Cl2N3O2. The molecule has 5 nitrogen and oxygen atoms in total. The van der Waals surface area contributed by atoms with E-state index in [0.717, 1.165) is 16.8 Å². The summed E-state index contributed by atoms with van der Waals surface area (Å²) in [6.45, 7) is -0.102. The fourth-order valence-electron chi connectivity index (χ4n) is 1.72. The van der Waals surface area contributed by atoms with Gasteiger partial charge < -0.3 is 14.8 Å². The van der Waals surface area contributed by atoms with Crippen LogP contribution in [0.2, 0.25) is 0 Å². The van der Waals surface area contributed by atoms with Gasteiger partial charge in [-0.2, -0.15) is 0 Å². The van der Waals surface area contributed by atoms with Crippen LogP contribution in [0.15, 0.2) is 42.7 Å². The second kappa shape index (κ2) is 7.09. The number of pyridine rings is 1. The molecule has 0 spiro atoms. The monoisotopic (exact) mass is 313 g/mol. The molecule has 0 aliphatic heterocycles. The summed E-state index contributed by atoms with van der Waals surface area (Å²) in [6, 6.07) is 9.12. The molecule has 7 heteroatoms. The highest BCUT2D eigenvalue weighted by atomic mass is 35.5. The van der Waals surface area contributed by atoms with E-state index in [1.165, 1.54) is 0 Å². The molecule has 0 fully saturated rings. The third kappa shape index (κ3) is 3.39. The molecule has 0 unspecified atom stereocenters. The van der Waals surface area contributed by atoms with Crippen molar-refractivity contribution in [1.29, 1.82) is 0 Å². The number of aliphatic hydroxyl groups is 1. The van der Waals surface area contributed by atoms with Crippen LogP contribution in [-0.2, 0) is 6.61 Å². The Balaban J connectivity index is 0.000001000. The maximum Gasteiger partial charge on any atom is 0.133 e. The van der Waals surface area contributed by atoms with Gasteiger partial charge in [0.15, 0.2) is 0 Å². The number of aliphatic hydroxyl groups excluding tert-OH is 1. The van der Waals surface area contributed by atoms with Crippen LogP contribution in [0.3, 0.4) is 0 Å². The summed E-state index contributed by atoms with van der Waals surface area (Å²) < 4.78 is 5.67. The van der Waals surface area contributed by atoms with Crippen LogP contribution in [-0.4, -0.2) is 20.1 Å². The summed E-state index contributed by atoms with van der Waals surface area (Å²) in [5.41, 5.74) is 1.65. The molecule has 20 heavy (non-hydrogen) atoms. The van der Waals surface area contributed by atoms with E-state index in [4.69, 9.17) is 9.84 Å². The Morgan fingerprint density at radius 3 is 2.50 bits per heavy atom. The summed E-state index contributed by atoms with van der Waals surface area (Å²) in [6.07, 6.45) is 3.35. The summed E-state index contributed by atoms with van der Waals surface area (Å²) in [4.78, 5) is 11.2. The first-order valence-corrected chi connectivity index (χ1v) is 5.52. The Kier molecular flexibility index (Phi) is 5.76. The fraction of sp³-hybridized carbons (Fsp3) is 0.0769. The van der Waals surface area contributed by atoms with Gasteiger partial charge in [0, 0.05) is 18.5 Å². The van der Waals surface area contributed by atoms with Crippen molar-refractivity contribution in [1.82, 2.24) is 15.0 Å². The number of aromatic nitrogens is 3. The lowest BCUT2D eigenvalue weighted by Crippen LogP contribution is -1.84. The number of hydrogen-bond acceptors (Lipinski definition) is 4. The summed E-state index contributed by atoms with van der Waals surface area (Å²) in [7, 11) is 0. The van der Waals surface area contributed by atoms with Gasteiger partial charge in [-0.25, -0.2) is 4.98 Å². The molecule has 0 aliphatic rings. The number of hydrogen-bond donors (Lipinski definition) is 2. The van der Waals surface area contributed by atoms with Gasteiger partial charge in [0.25, 0.3) is 0 Å². The SMILES string of the molecule is Cl.Cl.OCc1nc2cc(Oc3ccncc3)ccc2[nH]1. The van der Waals surface area contributed by atoms with Gasteiger partial charge >= 0.3 is 0 Å². The molecule has 0 saturated carbocycles. The summed E-state index contributed by atoms with van der Waals surface area (Å²) >= 11 is 0. The number of aromatic amines is 1. The lowest BCUT2D eigenvalue weighted by molar-refractivity contribution is 0.273. The standard InChI is InChI=1S/C13H11N3O2.2ClH/c17-8-13-15-11-2-1-10(7-12(11)16-13)18-9-3-5-14-6-4-9;;/h1-7,17H,8H2,(H,15,16);2*1H. The number of fused-ring (bicyclic) bond motifs is 1. The van der Waals surface area contributed by atoms with E-state index in [1.807, 2.05) is 18.2 Å². The Labute approximate surface area is 127 Å². The molecule has 2 N–H and O–H groups in total. The number of benzene rings is 1. The molecule has 0 atom stereocenters. The minimum atomic E-state index is -0.102. The summed E-state index contributed by atoms with van der Waals surface area (Å²) in [5.74, 6) is 1.97. The molecule has 3 aromatic rings. The zero-order chi connectivity index (χ0) is 12.4. The van der Waals surface area contributed by atoms with Crippen molar-refractivity contribution in [3.8, 4) is 11.5 Å². The molecule has 0 saturated heterocycles. The van der Waals surface area contributed by atoms with Gasteiger partial charge in [0.1, 0.15) is 23.9 Å². The largest absolute Gasteiger partial charge is 0.457 e. The highest BCUT2D eigenvalue weighted by molar-refractivity contribution is 5.85. The molecule has 106 valence electrons. The molecule has 2 heterocycles. The number of ether oxygens (including phenoxy) is 1. The molecule has 3 rings (SSSR count). The molecule has 1 aromatic carbocycles. The van der Waals surface area contributed by atoms with Crippen molar-refractivity contribution < 1.29 is 9.84 Å². The Morgan fingerprint density at radius 1 is 1.05 bits per heavy atom. The second-order valence-electron chi connectivity index (χ2n) is 3.81. The van der Waals surface area contributed by atoms with Crippen LogP contribution in [0, 0.1) is 0 Å². The second-order valence-corrected chi connectivity index (χ2v) is 3.81. The van der Waals surface area contributed by atoms with Gasteiger partial charge in [0.2, 0.25) is 0 Å². The van der Waals surface area contributed by atoms with Crippen LogP contribution in [0.25, 0.3) is 11.0 Å². The van der Waals surface area contributed by atoms with Gasteiger partial charge in [-0.05, 0) is 24.3 Å². The van der Waals surface area contributed by atoms with E-state index in [-0.39, 0.29) is 31.4 Å². The Morgan fingerprint density at radius 2 is 1.80 bits per heavy atom. The highest BCUT2D eigenvalue weighted by Gasteiger charge is 2.04. The molecule has 2 aromatic heterocycles. The third-order valence-electron chi connectivity index (χ3n) is 2.54. The topological polar surface area (TPSA) is 71.0 Å². The summed E-state index contributed by atoms with van der Waals surface area (Å²) in [5, 5.41) is 9.01. The van der Waals surface area contributed by atoms with E-state index >= 15 is 0 Å². The molecule has 0 bridgehead atoms. The maximum atomic E-state index is 9.01. The minimum absolute atomic E-state index is 0. The van der Waals surface area contributed by atoms with E-state index in [2.05, 4.69) is 15.0 Å². The van der Waals surface area contributed by atoms with Gasteiger partial charge in [0.05, 0.1) is 11.0 Å². The zero-order valence-corrected chi connectivity index (χ0v) is 11.9. The first-order valence-electron chi connectivity index (χ1n) is 5.52. The number of imidazole rings is 1. The predicted molar refractivity (Wildman–Crippen MR) is 80.8 cm³/mol. The first kappa shape index (κ1) is 16.2.